The van der Waals surface area contributed by atoms with E-state index in [0.29, 0.717) is 11.3 Å². The van der Waals surface area contributed by atoms with Gasteiger partial charge in [-0.15, -0.1) is 0 Å². The van der Waals surface area contributed by atoms with Gasteiger partial charge in [-0.2, -0.15) is 0 Å². The highest BCUT2D eigenvalue weighted by Crippen LogP contribution is 2.34. The van der Waals surface area contributed by atoms with Gasteiger partial charge in [0.25, 0.3) is 5.91 Å². The SMILES string of the molecule is Cc1cc(F)ccc1NC(=O)c1ccc2c(c1)S(=O)(=O)c1ccccc1C2=O. The van der Waals surface area contributed by atoms with Gasteiger partial charge in [-0.05, 0) is 61.0 Å². The molecule has 0 atom stereocenters. The minimum absolute atomic E-state index is 0.0354. The van der Waals surface area contributed by atoms with Gasteiger partial charge < -0.3 is 5.32 Å². The van der Waals surface area contributed by atoms with E-state index in [4.69, 9.17) is 0 Å². The average Bonchev–Trinajstić information content (AvgIpc) is 2.68. The van der Waals surface area contributed by atoms with Crippen LogP contribution in [0.25, 0.3) is 0 Å². The second kappa shape index (κ2) is 6.38. The quantitative estimate of drug-likeness (QED) is 0.560. The number of benzene rings is 3. The summed E-state index contributed by atoms with van der Waals surface area (Å²) in [7, 11) is -3.93. The monoisotopic (exact) mass is 395 g/mol. The molecule has 5 nitrogen and oxygen atoms in total. The van der Waals surface area contributed by atoms with Gasteiger partial charge in [0, 0.05) is 22.4 Å². The highest BCUT2D eigenvalue weighted by molar-refractivity contribution is 7.91. The molecule has 0 bridgehead atoms. The Labute approximate surface area is 160 Å². The van der Waals surface area contributed by atoms with E-state index in [1.807, 2.05) is 0 Å². The molecule has 1 aliphatic rings. The van der Waals surface area contributed by atoms with E-state index in [9.17, 15) is 22.4 Å². The number of sulfone groups is 1. The molecule has 140 valence electrons. The van der Waals surface area contributed by atoms with Crippen molar-refractivity contribution in [3.8, 4) is 0 Å². The molecule has 0 unspecified atom stereocenters. The Hall–Kier alpha value is -3.32. The van der Waals surface area contributed by atoms with Gasteiger partial charge in [0.1, 0.15) is 5.82 Å². The number of aryl methyl sites for hydroxylation is 1. The first kappa shape index (κ1) is 18.1. The van der Waals surface area contributed by atoms with Crippen LogP contribution >= 0.6 is 0 Å². The molecule has 1 heterocycles. The maximum absolute atomic E-state index is 13.2. The standard InChI is InChI=1S/C21H14FNO4S/c1-12-10-14(22)7-9-17(12)23-21(25)13-6-8-16-19(11-13)28(26,27)18-5-3-2-4-15(18)20(16)24/h2-11H,1H3,(H,23,25). The third kappa shape index (κ3) is 2.80. The Balaban J connectivity index is 1.76. The summed E-state index contributed by atoms with van der Waals surface area (Å²) in [5, 5.41) is 2.63. The van der Waals surface area contributed by atoms with Crippen molar-refractivity contribution in [2.24, 2.45) is 0 Å². The normalized spacial score (nSPS) is 14.1. The van der Waals surface area contributed by atoms with Gasteiger partial charge in [-0.25, -0.2) is 12.8 Å². The minimum Gasteiger partial charge on any atom is -0.322 e. The van der Waals surface area contributed by atoms with E-state index in [0.717, 1.165) is 0 Å². The molecule has 7 heteroatoms. The molecule has 0 radical (unpaired) electrons. The number of hydrogen-bond donors (Lipinski definition) is 1. The molecule has 1 N–H and O–H groups in total. The van der Waals surface area contributed by atoms with Crippen LogP contribution in [0.2, 0.25) is 0 Å². The van der Waals surface area contributed by atoms with Crippen molar-refractivity contribution in [2.45, 2.75) is 16.7 Å². The van der Waals surface area contributed by atoms with Crippen LogP contribution in [0.15, 0.2) is 70.5 Å². The van der Waals surface area contributed by atoms with Crippen LogP contribution in [-0.2, 0) is 9.84 Å². The van der Waals surface area contributed by atoms with Gasteiger partial charge in [-0.1, -0.05) is 12.1 Å². The molecule has 0 saturated carbocycles. The average molecular weight is 395 g/mol. The van der Waals surface area contributed by atoms with E-state index in [1.54, 1.807) is 19.1 Å². The number of carbonyl (C=O) groups excluding carboxylic acids is 2. The highest BCUT2D eigenvalue weighted by atomic mass is 32.2. The Morgan fingerprint density at radius 3 is 2.39 bits per heavy atom. The molecular formula is C21H14FNO4S. The van der Waals surface area contributed by atoms with Crippen LogP contribution in [0.3, 0.4) is 0 Å². The van der Waals surface area contributed by atoms with Gasteiger partial charge in [0.15, 0.2) is 5.78 Å². The summed E-state index contributed by atoms with van der Waals surface area (Å²) < 4.78 is 39.1. The van der Waals surface area contributed by atoms with Crippen LogP contribution in [0.1, 0.15) is 31.8 Å². The number of amides is 1. The van der Waals surface area contributed by atoms with Gasteiger partial charge in [0.2, 0.25) is 9.84 Å². The van der Waals surface area contributed by atoms with E-state index in [-0.39, 0.29) is 26.5 Å². The number of anilines is 1. The number of ketones is 1. The first-order valence-corrected chi connectivity index (χ1v) is 9.88. The van der Waals surface area contributed by atoms with Crippen LogP contribution < -0.4 is 5.32 Å². The molecule has 4 rings (SSSR count). The van der Waals surface area contributed by atoms with Gasteiger partial charge in [0.05, 0.1) is 9.79 Å². The Morgan fingerprint density at radius 1 is 0.929 bits per heavy atom. The second-order valence-corrected chi connectivity index (χ2v) is 8.34. The van der Waals surface area contributed by atoms with Crippen LogP contribution in [0, 0.1) is 12.7 Å². The van der Waals surface area contributed by atoms with Crippen molar-refractivity contribution in [3.63, 3.8) is 0 Å². The van der Waals surface area contributed by atoms with Gasteiger partial charge in [-0.3, -0.25) is 9.59 Å². The number of carbonyl (C=O) groups is 2. The summed E-state index contributed by atoms with van der Waals surface area (Å²) >= 11 is 0. The summed E-state index contributed by atoms with van der Waals surface area (Å²) in [6.07, 6.45) is 0. The molecule has 0 aliphatic carbocycles. The topological polar surface area (TPSA) is 80.3 Å². The lowest BCUT2D eigenvalue weighted by molar-refractivity contribution is 0.101. The summed E-state index contributed by atoms with van der Waals surface area (Å²) in [6, 6.07) is 13.9. The molecular weight excluding hydrogens is 381 g/mol. The summed E-state index contributed by atoms with van der Waals surface area (Å²) in [6.45, 7) is 1.64. The lowest BCUT2D eigenvalue weighted by Crippen LogP contribution is -2.21. The van der Waals surface area contributed by atoms with Crippen molar-refractivity contribution >= 4 is 27.2 Å². The molecule has 3 aromatic carbocycles. The minimum atomic E-state index is -3.93. The van der Waals surface area contributed by atoms with Crippen LogP contribution in [0.5, 0.6) is 0 Å². The molecule has 3 aromatic rings. The number of fused-ring (bicyclic) bond motifs is 2. The molecule has 0 fully saturated rings. The molecule has 28 heavy (non-hydrogen) atoms. The summed E-state index contributed by atoms with van der Waals surface area (Å²) in [4.78, 5) is 25.0. The second-order valence-electron chi connectivity index (χ2n) is 6.45. The molecule has 0 saturated heterocycles. The van der Waals surface area contributed by atoms with Crippen molar-refractivity contribution in [1.29, 1.82) is 0 Å². The molecule has 0 spiro atoms. The fourth-order valence-electron chi connectivity index (χ4n) is 3.19. The fraction of sp³-hybridized carbons (Fsp3) is 0.0476. The van der Waals surface area contributed by atoms with Crippen molar-refractivity contribution < 1.29 is 22.4 Å². The predicted molar refractivity (Wildman–Crippen MR) is 101 cm³/mol. The highest BCUT2D eigenvalue weighted by Gasteiger charge is 2.35. The van der Waals surface area contributed by atoms with Crippen molar-refractivity contribution in [3.05, 3.63) is 88.7 Å². The Kier molecular flexibility index (Phi) is 4.12. The number of halogens is 1. The maximum atomic E-state index is 13.2. The van der Waals surface area contributed by atoms with Crippen molar-refractivity contribution in [1.82, 2.24) is 0 Å². The number of rotatable bonds is 2. The van der Waals surface area contributed by atoms with Crippen molar-refractivity contribution in [2.75, 3.05) is 5.32 Å². The zero-order chi connectivity index (χ0) is 20.1. The summed E-state index contributed by atoms with van der Waals surface area (Å²) in [5.41, 5.74) is 1.18. The van der Waals surface area contributed by atoms with E-state index in [2.05, 4.69) is 5.32 Å². The molecule has 0 aromatic heterocycles. The summed E-state index contributed by atoms with van der Waals surface area (Å²) in [5.74, 6) is -1.38. The molecule has 1 amide bonds. The lowest BCUT2D eigenvalue weighted by Gasteiger charge is -2.19. The zero-order valence-corrected chi connectivity index (χ0v) is 15.5. The Bertz CT molecular complexity index is 1270. The smallest absolute Gasteiger partial charge is 0.255 e. The van der Waals surface area contributed by atoms with E-state index >= 15 is 0 Å². The van der Waals surface area contributed by atoms with Crippen LogP contribution in [-0.4, -0.2) is 20.1 Å². The number of nitrogens with one attached hydrogen (secondary N) is 1. The maximum Gasteiger partial charge on any atom is 0.255 e. The zero-order valence-electron chi connectivity index (χ0n) is 14.7. The van der Waals surface area contributed by atoms with Gasteiger partial charge >= 0.3 is 0 Å². The number of hydrogen-bond acceptors (Lipinski definition) is 4. The van der Waals surface area contributed by atoms with Crippen LogP contribution in [0.4, 0.5) is 10.1 Å². The Morgan fingerprint density at radius 2 is 1.64 bits per heavy atom. The first-order valence-electron chi connectivity index (χ1n) is 8.39. The third-order valence-corrected chi connectivity index (χ3v) is 6.49. The predicted octanol–water partition coefficient (Wildman–Crippen LogP) is 3.76. The van der Waals surface area contributed by atoms with E-state index in [1.165, 1.54) is 48.5 Å². The first-order chi connectivity index (χ1) is 13.3. The lowest BCUT2D eigenvalue weighted by atomic mass is 10.0. The largest absolute Gasteiger partial charge is 0.322 e. The molecule has 1 aliphatic heterocycles. The fourth-order valence-corrected chi connectivity index (χ4v) is 4.86. The van der Waals surface area contributed by atoms with E-state index < -0.39 is 27.3 Å². The third-order valence-electron chi connectivity index (χ3n) is 4.64.